The molecule has 3 aromatic rings. The van der Waals surface area contributed by atoms with Crippen LogP contribution in [0.1, 0.15) is 15.9 Å². The Hall–Kier alpha value is -3.37. The van der Waals surface area contributed by atoms with Crippen LogP contribution >= 0.6 is 0 Å². The Morgan fingerprint density at radius 3 is 2.19 bits per heavy atom. The third-order valence-corrected chi connectivity index (χ3v) is 7.21. The maximum absolute atomic E-state index is 14.6. The Morgan fingerprint density at radius 2 is 1.58 bits per heavy atom. The van der Waals surface area contributed by atoms with Gasteiger partial charge in [-0.25, -0.2) is 21.6 Å². The highest BCUT2D eigenvalue weighted by Crippen LogP contribution is 2.31. The van der Waals surface area contributed by atoms with Crippen molar-refractivity contribution < 1.29 is 31.1 Å². The van der Waals surface area contributed by atoms with Gasteiger partial charge in [-0.05, 0) is 47.5 Å². The predicted molar refractivity (Wildman–Crippen MR) is 130 cm³/mol. The Labute approximate surface area is 207 Å². The van der Waals surface area contributed by atoms with E-state index in [1.165, 1.54) is 42.3 Å². The molecule has 36 heavy (non-hydrogen) atoms. The molecule has 6 nitrogen and oxygen atoms in total. The summed E-state index contributed by atoms with van der Waals surface area (Å²) in [6, 6.07) is 11.7. The van der Waals surface area contributed by atoms with Gasteiger partial charge in [-0.1, -0.05) is 12.1 Å². The average Bonchev–Trinajstić information content (AvgIpc) is 2.83. The molecule has 10 heteroatoms. The fourth-order valence-corrected chi connectivity index (χ4v) is 4.90. The number of carbonyl (C=O) groups is 1. The minimum Gasteiger partial charge on any atom is -0.380 e. The number of anilines is 1. The maximum Gasteiger partial charge on any atom is 0.254 e. The van der Waals surface area contributed by atoms with Crippen molar-refractivity contribution in [2.45, 2.75) is 11.5 Å². The summed E-state index contributed by atoms with van der Waals surface area (Å²) in [7, 11) is -2.11. The molecule has 0 unspecified atom stereocenters. The third-order valence-electron chi connectivity index (χ3n) is 6.10. The molecule has 1 aliphatic rings. The summed E-state index contributed by atoms with van der Waals surface area (Å²) in [4.78, 5) is 16.8. The lowest BCUT2D eigenvalue weighted by Gasteiger charge is -2.36. The number of methoxy groups -OCH3 is 1. The lowest BCUT2D eigenvalue weighted by Crippen LogP contribution is -2.49. The third kappa shape index (κ3) is 5.39. The number of ether oxygens (including phenoxy) is 1. The molecule has 0 N–H and O–H groups in total. The first-order chi connectivity index (χ1) is 17.1. The molecule has 1 amide bonds. The van der Waals surface area contributed by atoms with Crippen LogP contribution in [0, 0.1) is 17.5 Å². The van der Waals surface area contributed by atoms with Crippen LogP contribution in [0.3, 0.4) is 0 Å². The van der Waals surface area contributed by atoms with Crippen molar-refractivity contribution in [2.75, 3.05) is 44.4 Å². The molecule has 0 aliphatic carbocycles. The van der Waals surface area contributed by atoms with Crippen LogP contribution in [0.15, 0.2) is 59.5 Å². The van der Waals surface area contributed by atoms with Crippen LogP contribution in [0.2, 0.25) is 0 Å². The van der Waals surface area contributed by atoms with Crippen molar-refractivity contribution in [3.8, 4) is 11.1 Å². The van der Waals surface area contributed by atoms with Crippen molar-refractivity contribution in [3.05, 3.63) is 83.2 Å². The van der Waals surface area contributed by atoms with Gasteiger partial charge in [0.05, 0.1) is 17.2 Å². The number of nitrogens with zero attached hydrogens (tertiary/aromatic N) is 2. The first kappa shape index (κ1) is 25.7. The smallest absolute Gasteiger partial charge is 0.254 e. The molecule has 1 saturated heterocycles. The van der Waals surface area contributed by atoms with Crippen molar-refractivity contribution in [2.24, 2.45) is 0 Å². The number of piperazine rings is 1. The maximum atomic E-state index is 14.6. The Kier molecular flexibility index (Phi) is 7.37. The van der Waals surface area contributed by atoms with Crippen LogP contribution in [-0.4, -0.2) is 58.8 Å². The fourth-order valence-electron chi connectivity index (χ4n) is 4.26. The number of amides is 1. The average molecular weight is 519 g/mol. The SMILES string of the molecule is COCc1ccc(N2CCN(C(=O)c3cc(S(C)(=O)=O)ccc3-c3ccc(F)cc3F)CC2)c(F)c1. The van der Waals surface area contributed by atoms with Crippen LogP contribution < -0.4 is 4.90 Å². The highest BCUT2D eigenvalue weighted by atomic mass is 32.2. The van der Waals surface area contributed by atoms with E-state index in [4.69, 9.17) is 4.74 Å². The largest absolute Gasteiger partial charge is 0.380 e. The summed E-state index contributed by atoms with van der Waals surface area (Å²) < 4.78 is 72.0. The molecule has 0 aromatic heterocycles. The molecule has 4 rings (SSSR count). The monoisotopic (exact) mass is 518 g/mol. The standard InChI is InChI=1S/C26H25F3N2O4S/c1-35-16-17-3-8-25(24(29)13-17)30-9-11-31(12-10-30)26(32)22-15-19(36(2,33)34)5-7-20(22)21-6-4-18(27)14-23(21)28/h3-8,13-15H,9-12,16H2,1-2H3. The number of hydrogen-bond donors (Lipinski definition) is 0. The van der Waals surface area contributed by atoms with Crippen LogP contribution in [0.5, 0.6) is 0 Å². The summed E-state index contributed by atoms with van der Waals surface area (Å²) >= 11 is 0. The molecule has 1 fully saturated rings. The summed E-state index contributed by atoms with van der Waals surface area (Å²) in [5.74, 6) is -2.52. The van der Waals surface area contributed by atoms with E-state index in [1.54, 1.807) is 12.1 Å². The topological polar surface area (TPSA) is 66.9 Å². The predicted octanol–water partition coefficient (Wildman–Crippen LogP) is 4.28. The van der Waals surface area contributed by atoms with Crippen LogP contribution in [0.25, 0.3) is 11.1 Å². The number of hydrogen-bond acceptors (Lipinski definition) is 5. The molecule has 0 atom stereocenters. The zero-order chi connectivity index (χ0) is 26.0. The Balaban J connectivity index is 1.61. The van der Waals surface area contributed by atoms with E-state index in [9.17, 15) is 26.4 Å². The van der Waals surface area contributed by atoms with Gasteiger partial charge in [0.25, 0.3) is 5.91 Å². The number of sulfone groups is 1. The lowest BCUT2D eigenvalue weighted by molar-refractivity contribution is 0.0747. The second kappa shape index (κ2) is 10.3. The molecule has 190 valence electrons. The quantitative estimate of drug-likeness (QED) is 0.487. The first-order valence-electron chi connectivity index (χ1n) is 11.2. The van der Waals surface area contributed by atoms with Crippen molar-refractivity contribution >= 4 is 21.4 Å². The molecule has 0 spiro atoms. The molecule has 3 aromatic carbocycles. The zero-order valence-electron chi connectivity index (χ0n) is 19.8. The van der Waals surface area contributed by atoms with Crippen molar-refractivity contribution in [1.29, 1.82) is 0 Å². The molecular formula is C26H25F3N2O4S. The zero-order valence-corrected chi connectivity index (χ0v) is 20.6. The van der Waals surface area contributed by atoms with Crippen LogP contribution in [-0.2, 0) is 21.2 Å². The summed E-state index contributed by atoms with van der Waals surface area (Å²) in [5.41, 5.74) is 1.25. The summed E-state index contributed by atoms with van der Waals surface area (Å²) in [6.45, 7) is 1.47. The number of rotatable bonds is 6. The molecule has 0 saturated carbocycles. The molecular weight excluding hydrogens is 493 g/mol. The number of benzene rings is 3. The van der Waals surface area contributed by atoms with E-state index in [-0.39, 0.29) is 40.5 Å². The number of carbonyl (C=O) groups excluding carboxylic acids is 1. The summed E-state index contributed by atoms with van der Waals surface area (Å²) in [6.07, 6.45) is 1.01. The van der Waals surface area contributed by atoms with E-state index in [2.05, 4.69) is 0 Å². The van der Waals surface area contributed by atoms with E-state index in [0.717, 1.165) is 12.3 Å². The van der Waals surface area contributed by atoms with E-state index in [1.807, 2.05) is 4.90 Å². The van der Waals surface area contributed by atoms with Gasteiger partial charge in [0.2, 0.25) is 0 Å². The first-order valence-corrected chi connectivity index (χ1v) is 13.1. The highest BCUT2D eigenvalue weighted by Gasteiger charge is 2.27. The normalized spacial score (nSPS) is 14.2. The van der Waals surface area contributed by atoms with Gasteiger partial charge < -0.3 is 14.5 Å². The molecule has 0 bridgehead atoms. The van der Waals surface area contributed by atoms with Gasteiger partial charge >= 0.3 is 0 Å². The van der Waals surface area contributed by atoms with Gasteiger partial charge in [-0.2, -0.15) is 0 Å². The highest BCUT2D eigenvalue weighted by molar-refractivity contribution is 7.90. The van der Waals surface area contributed by atoms with Crippen LogP contribution in [0.4, 0.5) is 18.9 Å². The second-order valence-electron chi connectivity index (χ2n) is 8.60. The van der Waals surface area contributed by atoms with E-state index < -0.39 is 27.4 Å². The van der Waals surface area contributed by atoms with Gasteiger partial charge in [-0.3, -0.25) is 4.79 Å². The van der Waals surface area contributed by atoms with E-state index >= 15 is 0 Å². The fraction of sp³-hybridized carbons (Fsp3) is 0.269. The Morgan fingerprint density at radius 1 is 0.889 bits per heavy atom. The van der Waals surface area contributed by atoms with Gasteiger partial charge in [0.15, 0.2) is 9.84 Å². The lowest BCUT2D eigenvalue weighted by atomic mass is 9.98. The molecule has 0 radical (unpaired) electrons. The minimum atomic E-state index is -3.65. The van der Waals surface area contributed by atoms with Crippen molar-refractivity contribution in [3.63, 3.8) is 0 Å². The summed E-state index contributed by atoms with van der Waals surface area (Å²) in [5, 5.41) is 0. The molecule has 1 aliphatic heterocycles. The Bertz CT molecular complexity index is 1400. The second-order valence-corrected chi connectivity index (χ2v) is 10.6. The van der Waals surface area contributed by atoms with E-state index in [0.29, 0.717) is 37.0 Å². The number of halogens is 3. The van der Waals surface area contributed by atoms with Gasteiger partial charge in [0, 0.05) is 56.7 Å². The van der Waals surface area contributed by atoms with Gasteiger partial charge in [-0.15, -0.1) is 0 Å². The van der Waals surface area contributed by atoms with Gasteiger partial charge in [0.1, 0.15) is 17.5 Å². The molecule has 1 heterocycles. The minimum absolute atomic E-state index is 0.00742. The van der Waals surface area contributed by atoms with Crippen molar-refractivity contribution in [1.82, 2.24) is 4.90 Å².